The Balaban J connectivity index is 1.64. The topological polar surface area (TPSA) is 67.4 Å². The van der Waals surface area contributed by atoms with Gasteiger partial charge in [-0.2, -0.15) is 0 Å². The van der Waals surface area contributed by atoms with Crippen molar-refractivity contribution in [3.8, 4) is 0 Å². The highest BCUT2D eigenvalue weighted by Gasteiger charge is 2.11. The van der Waals surface area contributed by atoms with Crippen LogP contribution >= 0.6 is 0 Å². The minimum atomic E-state index is -0.346. The zero-order chi connectivity index (χ0) is 23.7. The number of benzene rings is 2. The Bertz CT molecular complexity index is 833. The molecule has 1 amide bonds. The van der Waals surface area contributed by atoms with Crippen LogP contribution in [-0.2, 0) is 11.3 Å². The molecule has 0 unspecified atom stereocenters. The van der Waals surface area contributed by atoms with Gasteiger partial charge in [-0.25, -0.2) is 4.79 Å². The minimum absolute atomic E-state index is 0.0338. The lowest BCUT2D eigenvalue weighted by atomic mass is 10.1. The first-order valence-corrected chi connectivity index (χ1v) is 12.4. The summed E-state index contributed by atoms with van der Waals surface area (Å²) >= 11 is 0. The third-order valence-electron chi connectivity index (χ3n) is 5.87. The Labute approximate surface area is 199 Å². The Morgan fingerprint density at radius 1 is 0.788 bits per heavy atom. The number of esters is 1. The number of amides is 1. The van der Waals surface area contributed by atoms with E-state index in [9.17, 15) is 9.59 Å². The molecular weight excluding hydrogens is 412 g/mol. The zero-order valence-electron chi connectivity index (χ0n) is 20.3. The summed E-state index contributed by atoms with van der Waals surface area (Å²) < 4.78 is 4.84. The molecule has 0 aromatic heterocycles. The first-order chi connectivity index (χ1) is 16.2. The van der Waals surface area contributed by atoms with Crippen molar-refractivity contribution in [2.24, 2.45) is 0 Å². The van der Waals surface area contributed by atoms with Gasteiger partial charge in [0.15, 0.2) is 0 Å². The van der Waals surface area contributed by atoms with Crippen LogP contribution in [0.25, 0.3) is 0 Å². The smallest absolute Gasteiger partial charge is 0.338 e. The van der Waals surface area contributed by atoms with Gasteiger partial charge >= 0.3 is 5.97 Å². The molecule has 180 valence electrons. The van der Waals surface area contributed by atoms with E-state index in [-0.39, 0.29) is 11.9 Å². The monoisotopic (exact) mass is 452 g/mol. The molecule has 2 aromatic rings. The minimum Gasteiger partial charge on any atom is -0.465 e. The molecule has 0 aliphatic heterocycles. The molecule has 33 heavy (non-hydrogen) atoms. The maximum Gasteiger partial charge on any atom is 0.338 e. The quantitative estimate of drug-likeness (QED) is 0.219. The zero-order valence-corrected chi connectivity index (χ0v) is 20.3. The fourth-order valence-corrected chi connectivity index (χ4v) is 3.84. The van der Waals surface area contributed by atoms with Crippen molar-refractivity contribution in [1.82, 2.24) is 5.32 Å². The molecule has 0 saturated heterocycles. The molecule has 0 aliphatic rings. The highest BCUT2D eigenvalue weighted by molar-refractivity contribution is 5.94. The van der Waals surface area contributed by atoms with Crippen molar-refractivity contribution in [2.45, 2.75) is 77.7 Å². The molecule has 0 spiro atoms. The fourth-order valence-electron chi connectivity index (χ4n) is 3.84. The van der Waals surface area contributed by atoms with Gasteiger partial charge in [-0.3, -0.25) is 4.79 Å². The number of carbonyl (C=O) groups is 2. The highest BCUT2D eigenvalue weighted by atomic mass is 16.5. The molecule has 2 aromatic carbocycles. The number of ether oxygens (including phenoxy) is 1. The van der Waals surface area contributed by atoms with Crippen LogP contribution in [0.2, 0.25) is 0 Å². The van der Waals surface area contributed by atoms with E-state index in [0.717, 1.165) is 24.2 Å². The maximum atomic E-state index is 12.4. The number of hydrogen-bond acceptors (Lipinski definition) is 4. The van der Waals surface area contributed by atoms with Gasteiger partial charge in [-0.1, -0.05) is 82.9 Å². The molecule has 2 rings (SSSR count). The van der Waals surface area contributed by atoms with Gasteiger partial charge in [0.25, 0.3) is 5.91 Å². The van der Waals surface area contributed by atoms with Crippen molar-refractivity contribution in [3.63, 3.8) is 0 Å². The standard InChI is InChI=1S/C28H40N2O3/c1-3-4-5-6-7-8-9-10-11-14-21-29-27(31)23-17-19-25(20-18-23)30-22-24-15-12-13-16-26(24)28(32)33-2/h12-13,15-20,30H,3-11,14,21-22H2,1-2H3,(H,29,31). The second-order valence-corrected chi connectivity index (χ2v) is 8.52. The SMILES string of the molecule is CCCCCCCCCCCCNC(=O)c1ccc(NCc2ccccc2C(=O)OC)cc1. The van der Waals surface area contributed by atoms with E-state index in [1.165, 1.54) is 64.9 Å². The van der Waals surface area contributed by atoms with Crippen LogP contribution < -0.4 is 10.6 Å². The van der Waals surface area contributed by atoms with Gasteiger partial charge in [0.2, 0.25) is 0 Å². The molecule has 5 nitrogen and oxygen atoms in total. The predicted molar refractivity (Wildman–Crippen MR) is 136 cm³/mol. The summed E-state index contributed by atoms with van der Waals surface area (Å²) in [5, 5.41) is 6.31. The third kappa shape index (κ3) is 10.1. The van der Waals surface area contributed by atoms with Crippen LogP contribution in [0.5, 0.6) is 0 Å². The van der Waals surface area contributed by atoms with E-state index in [4.69, 9.17) is 4.74 Å². The van der Waals surface area contributed by atoms with Gasteiger partial charge in [-0.05, 0) is 42.3 Å². The summed E-state index contributed by atoms with van der Waals surface area (Å²) in [6.45, 7) is 3.47. The van der Waals surface area contributed by atoms with Crippen molar-refractivity contribution in [3.05, 3.63) is 65.2 Å². The summed E-state index contributed by atoms with van der Waals surface area (Å²) in [5.41, 5.74) is 2.96. The van der Waals surface area contributed by atoms with Crippen LogP contribution in [0.15, 0.2) is 48.5 Å². The van der Waals surface area contributed by atoms with Gasteiger partial charge in [0, 0.05) is 24.3 Å². The Morgan fingerprint density at radius 3 is 2.03 bits per heavy atom. The third-order valence-corrected chi connectivity index (χ3v) is 5.87. The molecular formula is C28H40N2O3. The Hall–Kier alpha value is -2.82. The van der Waals surface area contributed by atoms with Crippen LogP contribution in [-0.4, -0.2) is 25.5 Å². The van der Waals surface area contributed by atoms with Gasteiger partial charge < -0.3 is 15.4 Å². The van der Waals surface area contributed by atoms with Crippen LogP contribution in [0.1, 0.15) is 97.4 Å². The molecule has 5 heteroatoms. The van der Waals surface area contributed by atoms with Crippen molar-refractivity contribution in [1.29, 1.82) is 0 Å². The molecule has 0 aliphatic carbocycles. The normalized spacial score (nSPS) is 10.6. The van der Waals surface area contributed by atoms with E-state index in [2.05, 4.69) is 17.6 Å². The van der Waals surface area contributed by atoms with Crippen LogP contribution in [0.4, 0.5) is 5.69 Å². The first-order valence-electron chi connectivity index (χ1n) is 12.4. The molecule has 0 atom stereocenters. The average molecular weight is 453 g/mol. The highest BCUT2D eigenvalue weighted by Crippen LogP contribution is 2.15. The fraction of sp³-hybridized carbons (Fsp3) is 0.500. The van der Waals surface area contributed by atoms with E-state index in [1.807, 2.05) is 42.5 Å². The lowest BCUT2D eigenvalue weighted by Gasteiger charge is -2.11. The van der Waals surface area contributed by atoms with Crippen molar-refractivity contribution < 1.29 is 14.3 Å². The largest absolute Gasteiger partial charge is 0.465 e. The Kier molecular flexibility index (Phi) is 12.7. The molecule has 0 radical (unpaired) electrons. The molecule has 0 heterocycles. The summed E-state index contributed by atoms with van der Waals surface area (Å²) in [6, 6.07) is 14.8. The van der Waals surface area contributed by atoms with Gasteiger partial charge in [-0.15, -0.1) is 0 Å². The van der Waals surface area contributed by atoms with Crippen molar-refractivity contribution in [2.75, 3.05) is 19.0 Å². The van der Waals surface area contributed by atoms with Crippen LogP contribution in [0, 0.1) is 0 Å². The Morgan fingerprint density at radius 2 is 1.39 bits per heavy atom. The molecule has 0 bridgehead atoms. The van der Waals surface area contributed by atoms with E-state index >= 15 is 0 Å². The number of carbonyl (C=O) groups excluding carboxylic acids is 2. The lowest BCUT2D eigenvalue weighted by Crippen LogP contribution is -2.24. The van der Waals surface area contributed by atoms with E-state index in [0.29, 0.717) is 17.7 Å². The van der Waals surface area contributed by atoms with Gasteiger partial charge in [0.1, 0.15) is 0 Å². The number of nitrogens with one attached hydrogen (secondary N) is 2. The molecule has 2 N–H and O–H groups in total. The number of methoxy groups -OCH3 is 1. The second kappa shape index (κ2) is 15.9. The lowest BCUT2D eigenvalue weighted by molar-refractivity contribution is 0.0599. The van der Waals surface area contributed by atoms with E-state index < -0.39 is 0 Å². The summed E-state index contributed by atoms with van der Waals surface area (Å²) in [5.74, 6) is -0.379. The number of hydrogen-bond donors (Lipinski definition) is 2. The summed E-state index contributed by atoms with van der Waals surface area (Å²) in [6.07, 6.45) is 12.9. The number of anilines is 1. The van der Waals surface area contributed by atoms with Crippen molar-refractivity contribution >= 4 is 17.6 Å². The van der Waals surface area contributed by atoms with Crippen LogP contribution in [0.3, 0.4) is 0 Å². The maximum absolute atomic E-state index is 12.4. The van der Waals surface area contributed by atoms with Gasteiger partial charge in [0.05, 0.1) is 12.7 Å². The molecule has 0 fully saturated rings. The summed E-state index contributed by atoms with van der Waals surface area (Å²) in [7, 11) is 1.38. The first kappa shape index (κ1) is 26.4. The number of unbranched alkanes of at least 4 members (excludes halogenated alkanes) is 9. The second-order valence-electron chi connectivity index (χ2n) is 8.52. The molecule has 0 saturated carbocycles. The number of rotatable bonds is 16. The average Bonchev–Trinajstić information content (AvgIpc) is 2.86. The van der Waals surface area contributed by atoms with E-state index in [1.54, 1.807) is 6.07 Å². The predicted octanol–water partition coefficient (Wildman–Crippen LogP) is 6.74. The summed E-state index contributed by atoms with van der Waals surface area (Å²) in [4.78, 5) is 24.3.